The topological polar surface area (TPSA) is 67.4 Å². The highest BCUT2D eigenvalue weighted by Gasteiger charge is 2.53. The van der Waals surface area contributed by atoms with Crippen molar-refractivity contribution in [2.45, 2.75) is 18.1 Å². The number of hydrogen-bond acceptors (Lipinski definition) is 3. The Bertz CT molecular complexity index is 580. The monoisotopic (exact) mass is 284 g/mol. The van der Waals surface area contributed by atoms with Gasteiger partial charge in [-0.1, -0.05) is 0 Å². The van der Waals surface area contributed by atoms with Gasteiger partial charge in [-0.25, -0.2) is 9.18 Å². The zero-order valence-electron chi connectivity index (χ0n) is 9.70. The first-order chi connectivity index (χ1) is 9.05. The Labute approximate surface area is 113 Å². The van der Waals surface area contributed by atoms with Gasteiger partial charge in [-0.05, 0) is 18.2 Å². The van der Waals surface area contributed by atoms with E-state index in [1.807, 2.05) is 0 Å². The van der Waals surface area contributed by atoms with Gasteiger partial charge < -0.3 is 10.1 Å². The molecule has 0 aromatic heterocycles. The van der Waals surface area contributed by atoms with E-state index >= 15 is 0 Å². The molecule has 1 spiro atoms. The number of urea groups is 1. The first kappa shape index (κ1) is 12.2. The zero-order valence-corrected chi connectivity index (χ0v) is 10.5. The SMILES string of the molecule is O=C1NC(=O)C2(CC(CCl)Oc3ccc(F)cc32)N1. The van der Waals surface area contributed by atoms with Crippen LogP contribution in [0.25, 0.3) is 0 Å². The maximum absolute atomic E-state index is 13.4. The van der Waals surface area contributed by atoms with E-state index < -0.39 is 29.4 Å². The van der Waals surface area contributed by atoms with Crippen molar-refractivity contribution in [2.24, 2.45) is 0 Å². The standard InChI is InChI=1S/C12H10ClFN2O3/c13-5-7-4-12(10(17)15-11(18)16-12)8-3-6(14)1-2-9(8)19-7/h1-3,7H,4-5H2,(H2,15,16,17,18). The van der Waals surface area contributed by atoms with Crippen LogP contribution in [0.5, 0.6) is 5.75 Å². The van der Waals surface area contributed by atoms with Crippen molar-refractivity contribution in [1.29, 1.82) is 0 Å². The minimum Gasteiger partial charge on any atom is -0.489 e. The Morgan fingerprint density at radius 1 is 1.47 bits per heavy atom. The summed E-state index contributed by atoms with van der Waals surface area (Å²) < 4.78 is 19.0. The van der Waals surface area contributed by atoms with Crippen molar-refractivity contribution in [3.63, 3.8) is 0 Å². The van der Waals surface area contributed by atoms with E-state index in [1.54, 1.807) is 0 Å². The van der Waals surface area contributed by atoms with Crippen LogP contribution in [0, 0.1) is 5.82 Å². The first-order valence-electron chi connectivity index (χ1n) is 5.71. The number of benzene rings is 1. The van der Waals surface area contributed by atoms with Gasteiger partial charge in [-0.2, -0.15) is 0 Å². The van der Waals surface area contributed by atoms with Gasteiger partial charge in [0, 0.05) is 12.0 Å². The number of halogens is 2. The van der Waals surface area contributed by atoms with Crippen LogP contribution in [0.15, 0.2) is 18.2 Å². The van der Waals surface area contributed by atoms with Gasteiger partial charge in [0.2, 0.25) is 0 Å². The summed E-state index contributed by atoms with van der Waals surface area (Å²) in [7, 11) is 0. The smallest absolute Gasteiger partial charge is 0.322 e. The van der Waals surface area contributed by atoms with Gasteiger partial charge in [-0.3, -0.25) is 10.1 Å². The van der Waals surface area contributed by atoms with Gasteiger partial charge >= 0.3 is 6.03 Å². The van der Waals surface area contributed by atoms with Crippen LogP contribution in [0.4, 0.5) is 9.18 Å². The highest BCUT2D eigenvalue weighted by Crippen LogP contribution is 2.41. The Hall–Kier alpha value is -1.82. The Balaban J connectivity index is 2.17. The molecule has 0 radical (unpaired) electrons. The van der Waals surface area contributed by atoms with Gasteiger partial charge in [0.15, 0.2) is 5.54 Å². The molecule has 5 nitrogen and oxygen atoms in total. The minimum atomic E-state index is -1.30. The molecule has 3 amide bonds. The van der Waals surface area contributed by atoms with E-state index in [0.29, 0.717) is 11.3 Å². The third kappa shape index (κ3) is 1.74. The summed E-state index contributed by atoms with van der Waals surface area (Å²) in [5.74, 6) is -0.486. The molecule has 2 aliphatic rings. The molecule has 2 N–H and O–H groups in total. The van der Waals surface area contributed by atoms with Crippen LogP contribution < -0.4 is 15.4 Å². The molecule has 0 saturated carbocycles. The average molecular weight is 285 g/mol. The van der Waals surface area contributed by atoms with E-state index in [2.05, 4.69) is 10.6 Å². The molecular formula is C12H10ClFN2O3. The number of rotatable bonds is 1. The molecule has 1 aromatic carbocycles. The second-order valence-electron chi connectivity index (χ2n) is 4.55. The molecule has 1 saturated heterocycles. The fourth-order valence-corrected chi connectivity index (χ4v) is 2.69. The van der Waals surface area contributed by atoms with Crippen molar-refractivity contribution < 1.29 is 18.7 Å². The molecule has 0 bridgehead atoms. The summed E-state index contributed by atoms with van der Waals surface area (Å²) in [6, 6.07) is 3.27. The lowest BCUT2D eigenvalue weighted by Crippen LogP contribution is -2.50. The lowest BCUT2D eigenvalue weighted by molar-refractivity contribution is -0.126. The highest BCUT2D eigenvalue weighted by molar-refractivity contribution is 6.18. The van der Waals surface area contributed by atoms with Gasteiger partial charge in [0.1, 0.15) is 17.7 Å². The second kappa shape index (κ2) is 4.09. The van der Waals surface area contributed by atoms with Crippen molar-refractivity contribution in [1.82, 2.24) is 10.6 Å². The number of fused-ring (bicyclic) bond motifs is 2. The van der Waals surface area contributed by atoms with Crippen molar-refractivity contribution >= 4 is 23.5 Å². The molecular weight excluding hydrogens is 275 g/mol. The zero-order chi connectivity index (χ0) is 13.6. The molecule has 3 rings (SSSR count). The Kier molecular flexibility index (Phi) is 2.63. The summed E-state index contributed by atoms with van der Waals surface area (Å²) in [5.41, 5.74) is -0.982. The molecule has 0 aliphatic carbocycles. The number of hydrogen-bond donors (Lipinski definition) is 2. The summed E-state index contributed by atoms with van der Waals surface area (Å²) in [5, 5.41) is 4.73. The number of alkyl halides is 1. The van der Waals surface area contributed by atoms with Crippen LogP contribution in [-0.2, 0) is 10.3 Å². The van der Waals surface area contributed by atoms with Gasteiger partial charge in [-0.15, -0.1) is 11.6 Å². The maximum atomic E-state index is 13.4. The van der Waals surface area contributed by atoms with E-state index in [1.165, 1.54) is 18.2 Å². The summed E-state index contributed by atoms with van der Waals surface area (Å²) in [6.07, 6.45) is -0.256. The van der Waals surface area contributed by atoms with E-state index in [-0.39, 0.29) is 12.3 Å². The van der Waals surface area contributed by atoms with Crippen LogP contribution >= 0.6 is 11.6 Å². The molecule has 1 aromatic rings. The van der Waals surface area contributed by atoms with Crippen molar-refractivity contribution in [3.05, 3.63) is 29.6 Å². The molecule has 100 valence electrons. The molecule has 2 unspecified atom stereocenters. The number of ether oxygens (including phenoxy) is 1. The largest absolute Gasteiger partial charge is 0.489 e. The minimum absolute atomic E-state index is 0.168. The second-order valence-corrected chi connectivity index (χ2v) is 4.86. The molecule has 2 heterocycles. The van der Waals surface area contributed by atoms with E-state index in [4.69, 9.17) is 16.3 Å². The van der Waals surface area contributed by atoms with E-state index in [9.17, 15) is 14.0 Å². The third-order valence-electron chi connectivity index (χ3n) is 3.34. The Morgan fingerprint density at radius 3 is 2.89 bits per heavy atom. The summed E-state index contributed by atoms with van der Waals surface area (Å²) in [6.45, 7) is 0. The quantitative estimate of drug-likeness (QED) is 0.602. The van der Waals surface area contributed by atoms with Crippen LogP contribution in [-0.4, -0.2) is 23.9 Å². The van der Waals surface area contributed by atoms with Crippen LogP contribution in [0.2, 0.25) is 0 Å². The average Bonchev–Trinajstić information content (AvgIpc) is 2.65. The number of amides is 3. The van der Waals surface area contributed by atoms with Gasteiger partial charge in [0.05, 0.1) is 5.88 Å². The maximum Gasteiger partial charge on any atom is 0.322 e. The summed E-state index contributed by atoms with van der Waals surface area (Å²) in [4.78, 5) is 23.5. The van der Waals surface area contributed by atoms with Crippen LogP contribution in [0.1, 0.15) is 12.0 Å². The fourth-order valence-electron chi connectivity index (χ4n) is 2.52. The molecule has 7 heteroatoms. The lowest BCUT2D eigenvalue weighted by Gasteiger charge is -2.36. The number of nitrogens with one attached hydrogen (secondary N) is 2. The van der Waals surface area contributed by atoms with Crippen LogP contribution in [0.3, 0.4) is 0 Å². The highest BCUT2D eigenvalue weighted by atomic mass is 35.5. The number of imide groups is 1. The predicted octanol–water partition coefficient (Wildman–Crippen LogP) is 1.25. The molecule has 2 aliphatic heterocycles. The normalized spacial score (nSPS) is 28.6. The van der Waals surface area contributed by atoms with E-state index in [0.717, 1.165) is 0 Å². The molecule has 2 atom stereocenters. The van der Waals surface area contributed by atoms with Crippen molar-refractivity contribution in [2.75, 3.05) is 5.88 Å². The number of carbonyl (C=O) groups excluding carboxylic acids is 2. The number of carbonyl (C=O) groups is 2. The third-order valence-corrected chi connectivity index (χ3v) is 3.69. The Morgan fingerprint density at radius 2 is 2.26 bits per heavy atom. The molecule has 19 heavy (non-hydrogen) atoms. The summed E-state index contributed by atoms with van der Waals surface area (Å²) >= 11 is 5.78. The predicted molar refractivity (Wildman–Crippen MR) is 64.5 cm³/mol. The first-order valence-corrected chi connectivity index (χ1v) is 6.25. The molecule has 1 fully saturated rings. The van der Waals surface area contributed by atoms with Crippen molar-refractivity contribution in [3.8, 4) is 5.75 Å². The lowest BCUT2D eigenvalue weighted by atomic mass is 9.82. The van der Waals surface area contributed by atoms with Gasteiger partial charge in [0.25, 0.3) is 5.91 Å². The fraction of sp³-hybridized carbons (Fsp3) is 0.333.